The summed E-state index contributed by atoms with van der Waals surface area (Å²) < 4.78 is 53.1. The van der Waals surface area contributed by atoms with E-state index in [4.69, 9.17) is 5.14 Å². The van der Waals surface area contributed by atoms with Crippen molar-refractivity contribution in [3.8, 4) is 28.1 Å². The van der Waals surface area contributed by atoms with Gasteiger partial charge in [-0.25, -0.2) is 27.0 Å². The number of sulfonamides is 1. The van der Waals surface area contributed by atoms with E-state index < -0.39 is 16.4 Å². The van der Waals surface area contributed by atoms with E-state index in [2.05, 4.69) is 5.10 Å². The van der Waals surface area contributed by atoms with Crippen LogP contribution in [0.5, 0.6) is 0 Å². The van der Waals surface area contributed by atoms with Gasteiger partial charge in [-0.05, 0) is 41.8 Å². The smallest absolute Gasteiger partial charge is 0.232 e. The molecular formula is C24H21F2N3O2S. The highest BCUT2D eigenvalue weighted by atomic mass is 32.2. The Morgan fingerprint density at radius 3 is 2.03 bits per heavy atom. The van der Waals surface area contributed by atoms with E-state index >= 15 is 0 Å². The number of primary sulfonamides is 1. The average Bonchev–Trinajstić information content (AvgIpc) is 3.20. The maximum Gasteiger partial charge on any atom is 0.282 e. The molecule has 0 aliphatic rings. The Labute approximate surface area is 185 Å². The third kappa shape index (κ3) is 4.19. The predicted octanol–water partition coefficient (Wildman–Crippen LogP) is 5.35. The van der Waals surface area contributed by atoms with Crippen LogP contribution in [0, 0.1) is 0 Å². The number of para-hydroxylation sites is 1. The maximum atomic E-state index is 14.1. The molecule has 8 heteroatoms. The molecule has 1 aromatic heterocycles. The van der Waals surface area contributed by atoms with E-state index in [1.165, 1.54) is 16.8 Å². The molecular weight excluding hydrogens is 432 g/mol. The zero-order valence-electron chi connectivity index (χ0n) is 17.2. The van der Waals surface area contributed by atoms with E-state index in [9.17, 15) is 17.2 Å². The first-order valence-corrected chi connectivity index (χ1v) is 11.5. The molecule has 0 aliphatic heterocycles. The molecule has 3 aromatic carbocycles. The number of aromatic nitrogens is 2. The molecule has 0 fully saturated rings. The van der Waals surface area contributed by atoms with Crippen LogP contribution in [0.15, 0.2) is 83.8 Å². The second-order valence-corrected chi connectivity index (χ2v) is 8.84. The summed E-state index contributed by atoms with van der Waals surface area (Å²) in [5.74, 6) is 0. The number of nitrogens with zero attached hydrogens (tertiary/aromatic N) is 2. The fourth-order valence-electron chi connectivity index (χ4n) is 3.60. The van der Waals surface area contributed by atoms with Gasteiger partial charge in [0, 0.05) is 11.1 Å². The van der Waals surface area contributed by atoms with Crippen LogP contribution in [0.4, 0.5) is 8.78 Å². The lowest BCUT2D eigenvalue weighted by atomic mass is 9.97. The van der Waals surface area contributed by atoms with Crippen molar-refractivity contribution in [3.63, 3.8) is 0 Å². The SMILES string of the molecule is CCc1ccc(-c2c(C(F)F)nn(-c3ccccc3)c2-c2ccc(S(N)(=O)=O)cc2)cc1. The Kier molecular flexibility index (Phi) is 5.90. The number of hydrogen-bond donors (Lipinski definition) is 1. The molecule has 0 aliphatic carbocycles. The highest BCUT2D eigenvalue weighted by Gasteiger charge is 2.27. The normalized spacial score (nSPS) is 11.8. The fraction of sp³-hybridized carbons (Fsp3) is 0.125. The lowest BCUT2D eigenvalue weighted by molar-refractivity contribution is 0.146. The van der Waals surface area contributed by atoms with Crippen molar-refractivity contribution in [3.05, 3.63) is 90.1 Å². The van der Waals surface area contributed by atoms with Gasteiger partial charge in [0.25, 0.3) is 6.43 Å². The number of hydrogen-bond acceptors (Lipinski definition) is 3. The molecule has 32 heavy (non-hydrogen) atoms. The number of benzene rings is 3. The number of halogens is 2. The first kappa shape index (κ1) is 21.9. The molecule has 0 amide bonds. The van der Waals surface area contributed by atoms with Crippen LogP contribution in [0.25, 0.3) is 28.1 Å². The third-order valence-corrected chi connectivity index (χ3v) is 6.16. The minimum absolute atomic E-state index is 0.0602. The monoisotopic (exact) mass is 453 g/mol. The lowest BCUT2D eigenvalue weighted by Crippen LogP contribution is -2.11. The topological polar surface area (TPSA) is 78.0 Å². The van der Waals surface area contributed by atoms with Crippen molar-refractivity contribution in [2.75, 3.05) is 0 Å². The van der Waals surface area contributed by atoms with E-state index in [-0.39, 0.29) is 10.6 Å². The van der Waals surface area contributed by atoms with Gasteiger partial charge in [0.15, 0.2) is 0 Å². The highest BCUT2D eigenvalue weighted by molar-refractivity contribution is 7.89. The summed E-state index contributed by atoms with van der Waals surface area (Å²) in [6, 6.07) is 22.2. The van der Waals surface area contributed by atoms with E-state index in [0.29, 0.717) is 28.1 Å². The number of nitrogens with two attached hydrogens (primary N) is 1. The molecule has 0 unspecified atom stereocenters. The van der Waals surface area contributed by atoms with Crippen LogP contribution in [-0.4, -0.2) is 18.2 Å². The quantitative estimate of drug-likeness (QED) is 0.427. The lowest BCUT2D eigenvalue weighted by Gasteiger charge is -2.12. The highest BCUT2D eigenvalue weighted by Crippen LogP contribution is 2.40. The van der Waals surface area contributed by atoms with Crippen LogP contribution in [0.2, 0.25) is 0 Å². The Bertz CT molecular complexity index is 1330. The first-order chi connectivity index (χ1) is 15.3. The van der Waals surface area contributed by atoms with Crippen LogP contribution in [0.1, 0.15) is 24.6 Å². The minimum atomic E-state index is -3.88. The summed E-state index contributed by atoms with van der Waals surface area (Å²) >= 11 is 0. The summed E-state index contributed by atoms with van der Waals surface area (Å²) in [5.41, 5.74) is 3.23. The molecule has 0 spiro atoms. The van der Waals surface area contributed by atoms with Crippen LogP contribution in [-0.2, 0) is 16.4 Å². The van der Waals surface area contributed by atoms with Crippen molar-refractivity contribution in [1.82, 2.24) is 9.78 Å². The van der Waals surface area contributed by atoms with Gasteiger partial charge in [-0.2, -0.15) is 5.10 Å². The molecule has 164 valence electrons. The van der Waals surface area contributed by atoms with E-state index in [1.54, 1.807) is 48.5 Å². The molecule has 5 nitrogen and oxygen atoms in total. The molecule has 0 saturated heterocycles. The van der Waals surface area contributed by atoms with Gasteiger partial charge < -0.3 is 0 Å². The van der Waals surface area contributed by atoms with Crippen molar-refractivity contribution < 1.29 is 17.2 Å². The third-order valence-electron chi connectivity index (χ3n) is 5.23. The van der Waals surface area contributed by atoms with Gasteiger partial charge in [-0.3, -0.25) is 0 Å². The fourth-order valence-corrected chi connectivity index (χ4v) is 4.12. The summed E-state index contributed by atoms with van der Waals surface area (Å²) in [4.78, 5) is -0.0602. The second-order valence-electron chi connectivity index (χ2n) is 7.28. The molecule has 4 aromatic rings. The minimum Gasteiger partial charge on any atom is -0.232 e. The summed E-state index contributed by atoms with van der Waals surface area (Å²) in [5, 5.41) is 9.48. The largest absolute Gasteiger partial charge is 0.282 e. The standard InChI is InChI=1S/C24H21F2N3O2S/c1-2-16-8-10-17(11-9-16)21-22(24(25)26)28-29(19-6-4-3-5-7-19)23(21)18-12-14-20(15-13-18)32(27,30)31/h3-15,24H,2H2,1H3,(H2,27,30,31). The van der Waals surface area contributed by atoms with E-state index in [0.717, 1.165) is 12.0 Å². The molecule has 4 rings (SSSR count). The van der Waals surface area contributed by atoms with Gasteiger partial charge >= 0.3 is 0 Å². The van der Waals surface area contributed by atoms with Gasteiger partial charge in [-0.1, -0.05) is 61.5 Å². The van der Waals surface area contributed by atoms with E-state index in [1.807, 2.05) is 25.1 Å². The zero-order valence-corrected chi connectivity index (χ0v) is 18.1. The van der Waals surface area contributed by atoms with Crippen molar-refractivity contribution in [2.45, 2.75) is 24.7 Å². The summed E-state index contributed by atoms with van der Waals surface area (Å²) in [6.07, 6.45) is -1.98. The molecule has 2 N–H and O–H groups in total. The number of rotatable bonds is 6. The maximum absolute atomic E-state index is 14.1. The van der Waals surface area contributed by atoms with Crippen LogP contribution >= 0.6 is 0 Å². The number of aryl methyl sites for hydroxylation is 1. The Morgan fingerprint density at radius 1 is 0.906 bits per heavy atom. The van der Waals surface area contributed by atoms with Crippen molar-refractivity contribution in [1.29, 1.82) is 0 Å². The van der Waals surface area contributed by atoms with Gasteiger partial charge in [0.2, 0.25) is 10.0 Å². The van der Waals surface area contributed by atoms with Crippen LogP contribution in [0.3, 0.4) is 0 Å². The van der Waals surface area contributed by atoms with Gasteiger partial charge in [0.1, 0.15) is 5.69 Å². The zero-order chi connectivity index (χ0) is 22.9. The molecule has 0 radical (unpaired) electrons. The summed E-state index contributed by atoms with van der Waals surface area (Å²) in [6.45, 7) is 2.02. The molecule has 1 heterocycles. The molecule has 0 saturated carbocycles. The predicted molar refractivity (Wildman–Crippen MR) is 120 cm³/mol. The Hall–Kier alpha value is -3.36. The average molecular weight is 454 g/mol. The van der Waals surface area contributed by atoms with Gasteiger partial charge in [0.05, 0.1) is 16.3 Å². The van der Waals surface area contributed by atoms with Crippen molar-refractivity contribution in [2.24, 2.45) is 5.14 Å². The molecule has 0 atom stereocenters. The number of alkyl halides is 2. The second kappa shape index (κ2) is 8.64. The molecule has 0 bridgehead atoms. The van der Waals surface area contributed by atoms with Crippen molar-refractivity contribution >= 4 is 10.0 Å². The van der Waals surface area contributed by atoms with Gasteiger partial charge in [-0.15, -0.1) is 0 Å². The summed E-state index contributed by atoms with van der Waals surface area (Å²) in [7, 11) is -3.88. The first-order valence-electron chi connectivity index (χ1n) is 9.98. The Balaban J connectivity index is 2.02. The Morgan fingerprint density at radius 2 is 1.50 bits per heavy atom. The van der Waals surface area contributed by atoms with Crippen LogP contribution < -0.4 is 5.14 Å².